The first-order valence-corrected chi connectivity index (χ1v) is 9.59. The lowest BCUT2D eigenvalue weighted by Gasteiger charge is -2.26. The van der Waals surface area contributed by atoms with Gasteiger partial charge in [-0.25, -0.2) is 0 Å². The second-order valence-corrected chi connectivity index (χ2v) is 6.64. The molecule has 0 saturated heterocycles. The second kappa shape index (κ2) is 11.8. The zero-order valence-electron chi connectivity index (χ0n) is 17.9. The molecule has 0 aliphatic carbocycles. The third-order valence-corrected chi connectivity index (χ3v) is 4.51. The molecule has 1 atom stereocenters. The summed E-state index contributed by atoms with van der Waals surface area (Å²) in [6, 6.07) is 15.9. The van der Waals surface area contributed by atoms with Crippen molar-refractivity contribution in [3.63, 3.8) is 0 Å². The van der Waals surface area contributed by atoms with E-state index in [0.717, 1.165) is 28.8 Å². The van der Waals surface area contributed by atoms with Crippen LogP contribution in [0.25, 0.3) is 0 Å². The van der Waals surface area contributed by atoms with Crippen molar-refractivity contribution < 1.29 is 14.2 Å². The first-order chi connectivity index (χ1) is 14.1. The highest BCUT2D eigenvalue weighted by Gasteiger charge is 2.17. The molecule has 0 amide bonds. The Kier molecular flexibility index (Phi) is 9.11. The molecule has 0 aromatic heterocycles. The number of hydrogen-bond acceptors (Lipinski definition) is 5. The van der Waals surface area contributed by atoms with E-state index < -0.39 is 0 Å². The Balaban J connectivity index is 1.89. The van der Waals surface area contributed by atoms with Crippen LogP contribution < -0.4 is 24.8 Å². The van der Waals surface area contributed by atoms with E-state index in [1.54, 1.807) is 21.3 Å². The number of hydrogen-bond donors (Lipinski definition) is 2. The molecular formula is C22H32N4O3. The molecule has 2 aromatic carbocycles. The Labute approximate surface area is 173 Å². The van der Waals surface area contributed by atoms with E-state index in [-0.39, 0.29) is 6.04 Å². The van der Waals surface area contributed by atoms with Crippen LogP contribution in [0.2, 0.25) is 0 Å². The van der Waals surface area contributed by atoms with Gasteiger partial charge in [0, 0.05) is 13.6 Å². The molecule has 0 heterocycles. The lowest BCUT2D eigenvalue weighted by atomic mass is 10.1. The van der Waals surface area contributed by atoms with Crippen molar-refractivity contribution in [3.05, 3.63) is 54.1 Å². The van der Waals surface area contributed by atoms with Crippen molar-refractivity contribution >= 4 is 5.96 Å². The number of aliphatic imine (C=N–C) groups is 1. The minimum absolute atomic E-state index is 0.133. The largest absolute Gasteiger partial charge is 0.493 e. The van der Waals surface area contributed by atoms with E-state index in [1.807, 2.05) is 56.6 Å². The third-order valence-electron chi connectivity index (χ3n) is 4.51. The van der Waals surface area contributed by atoms with Crippen LogP contribution in [0.5, 0.6) is 17.2 Å². The van der Waals surface area contributed by atoms with E-state index in [2.05, 4.69) is 26.6 Å². The molecule has 7 heteroatoms. The molecule has 0 spiro atoms. The highest BCUT2D eigenvalue weighted by molar-refractivity contribution is 5.79. The summed E-state index contributed by atoms with van der Waals surface area (Å²) >= 11 is 0. The predicted molar refractivity (Wildman–Crippen MR) is 117 cm³/mol. The summed E-state index contributed by atoms with van der Waals surface area (Å²) < 4.78 is 16.5. The number of nitrogens with one attached hydrogen (secondary N) is 2. The number of para-hydroxylation sites is 1. The van der Waals surface area contributed by atoms with Crippen molar-refractivity contribution in [2.45, 2.75) is 6.04 Å². The highest BCUT2D eigenvalue weighted by atomic mass is 16.5. The van der Waals surface area contributed by atoms with Crippen molar-refractivity contribution in [3.8, 4) is 17.2 Å². The molecule has 0 fully saturated rings. The van der Waals surface area contributed by atoms with Gasteiger partial charge in [0.1, 0.15) is 12.4 Å². The van der Waals surface area contributed by atoms with E-state index in [1.165, 1.54) is 0 Å². The molecular weight excluding hydrogens is 368 g/mol. The average molecular weight is 401 g/mol. The summed E-state index contributed by atoms with van der Waals surface area (Å²) in [6.07, 6.45) is 0. The molecule has 0 radical (unpaired) electrons. The SMILES string of the molecule is CN=C(NCCOc1ccccc1)NCC(c1ccc(OC)c(OC)c1)N(C)C. The van der Waals surface area contributed by atoms with Crippen LogP contribution >= 0.6 is 0 Å². The Morgan fingerprint density at radius 1 is 1.00 bits per heavy atom. The third kappa shape index (κ3) is 6.87. The standard InChI is InChI=1S/C22H32N4O3/c1-23-22(24-13-14-29-18-9-7-6-8-10-18)25-16-19(26(2)3)17-11-12-20(27-4)21(15-17)28-5/h6-12,15,19H,13-14,16H2,1-5H3,(H2,23,24,25). The maximum atomic E-state index is 5.70. The van der Waals surface area contributed by atoms with Crippen LogP contribution in [0.3, 0.4) is 0 Å². The van der Waals surface area contributed by atoms with Crippen LogP contribution in [0.4, 0.5) is 0 Å². The van der Waals surface area contributed by atoms with Gasteiger partial charge < -0.3 is 29.7 Å². The zero-order chi connectivity index (χ0) is 21.1. The fourth-order valence-electron chi connectivity index (χ4n) is 2.93. The first kappa shape index (κ1) is 22.4. The molecule has 2 N–H and O–H groups in total. The van der Waals surface area contributed by atoms with Gasteiger partial charge in [-0.15, -0.1) is 0 Å². The fourth-order valence-corrected chi connectivity index (χ4v) is 2.93. The summed E-state index contributed by atoms with van der Waals surface area (Å²) in [5.74, 6) is 3.03. The molecule has 2 aromatic rings. The van der Waals surface area contributed by atoms with Gasteiger partial charge in [-0.1, -0.05) is 24.3 Å². The lowest BCUT2D eigenvalue weighted by Crippen LogP contribution is -2.43. The minimum atomic E-state index is 0.133. The van der Waals surface area contributed by atoms with Gasteiger partial charge in [0.15, 0.2) is 17.5 Å². The number of methoxy groups -OCH3 is 2. The molecule has 158 valence electrons. The summed E-state index contributed by atoms with van der Waals surface area (Å²) in [6.45, 7) is 1.89. The Morgan fingerprint density at radius 3 is 2.34 bits per heavy atom. The number of benzene rings is 2. The van der Waals surface area contributed by atoms with Crippen molar-refractivity contribution in [1.29, 1.82) is 0 Å². The Bertz CT molecular complexity index is 766. The van der Waals surface area contributed by atoms with Crippen LogP contribution in [0, 0.1) is 0 Å². The predicted octanol–water partition coefficient (Wildman–Crippen LogP) is 2.55. The number of rotatable bonds is 10. The van der Waals surface area contributed by atoms with Crippen LogP contribution in [-0.4, -0.2) is 65.9 Å². The molecule has 0 aliphatic rings. The Morgan fingerprint density at radius 2 is 1.72 bits per heavy atom. The molecule has 29 heavy (non-hydrogen) atoms. The maximum absolute atomic E-state index is 5.70. The maximum Gasteiger partial charge on any atom is 0.191 e. The number of nitrogens with zero attached hydrogens (tertiary/aromatic N) is 2. The van der Waals surface area contributed by atoms with Gasteiger partial charge >= 0.3 is 0 Å². The van der Waals surface area contributed by atoms with Crippen LogP contribution in [0.15, 0.2) is 53.5 Å². The number of ether oxygens (including phenoxy) is 3. The molecule has 0 aliphatic heterocycles. The zero-order valence-corrected chi connectivity index (χ0v) is 17.9. The molecule has 1 unspecified atom stereocenters. The van der Waals surface area contributed by atoms with Crippen molar-refractivity contribution in [2.24, 2.45) is 4.99 Å². The smallest absolute Gasteiger partial charge is 0.191 e. The van der Waals surface area contributed by atoms with Gasteiger partial charge in [-0.3, -0.25) is 4.99 Å². The summed E-state index contributed by atoms with van der Waals surface area (Å²) in [4.78, 5) is 6.45. The minimum Gasteiger partial charge on any atom is -0.493 e. The normalized spacial score (nSPS) is 12.4. The molecule has 0 saturated carbocycles. The molecule has 2 rings (SSSR count). The fraction of sp³-hybridized carbons (Fsp3) is 0.409. The molecule has 7 nitrogen and oxygen atoms in total. The van der Waals surface area contributed by atoms with E-state index >= 15 is 0 Å². The van der Waals surface area contributed by atoms with Gasteiger partial charge in [-0.2, -0.15) is 0 Å². The van der Waals surface area contributed by atoms with E-state index in [0.29, 0.717) is 19.7 Å². The lowest BCUT2D eigenvalue weighted by molar-refractivity contribution is 0.295. The van der Waals surface area contributed by atoms with E-state index in [4.69, 9.17) is 14.2 Å². The van der Waals surface area contributed by atoms with Crippen LogP contribution in [-0.2, 0) is 0 Å². The average Bonchev–Trinajstić information content (AvgIpc) is 2.75. The summed E-state index contributed by atoms with van der Waals surface area (Å²) in [7, 11) is 9.14. The summed E-state index contributed by atoms with van der Waals surface area (Å²) in [5.41, 5.74) is 1.13. The topological polar surface area (TPSA) is 67.4 Å². The van der Waals surface area contributed by atoms with Gasteiger partial charge in [0.05, 0.1) is 26.8 Å². The highest BCUT2D eigenvalue weighted by Crippen LogP contribution is 2.31. The summed E-state index contributed by atoms with van der Waals surface area (Å²) in [5, 5.41) is 6.66. The monoisotopic (exact) mass is 400 g/mol. The molecule has 0 bridgehead atoms. The van der Waals surface area contributed by atoms with Crippen LogP contribution in [0.1, 0.15) is 11.6 Å². The Hall–Kier alpha value is -2.93. The van der Waals surface area contributed by atoms with Crippen molar-refractivity contribution in [1.82, 2.24) is 15.5 Å². The van der Waals surface area contributed by atoms with Gasteiger partial charge in [-0.05, 0) is 43.9 Å². The number of guanidine groups is 1. The van der Waals surface area contributed by atoms with E-state index in [9.17, 15) is 0 Å². The van der Waals surface area contributed by atoms with Gasteiger partial charge in [0.25, 0.3) is 0 Å². The first-order valence-electron chi connectivity index (χ1n) is 9.59. The quantitative estimate of drug-likeness (QED) is 0.363. The second-order valence-electron chi connectivity index (χ2n) is 6.64. The van der Waals surface area contributed by atoms with Crippen molar-refractivity contribution in [2.75, 3.05) is 55.1 Å². The number of likely N-dealkylation sites (N-methyl/N-ethyl adjacent to an activating group) is 1. The van der Waals surface area contributed by atoms with Gasteiger partial charge in [0.2, 0.25) is 0 Å².